The van der Waals surface area contributed by atoms with Gasteiger partial charge < -0.3 is 14.0 Å². The van der Waals surface area contributed by atoms with Gasteiger partial charge in [-0.3, -0.25) is 4.79 Å². The Balaban J connectivity index is 1.80. The topological polar surface area (TPSA) is 92.4 Å². The molecule has 5 aromatic rings. The highest BCUT2D eigenvalue weighted by Crippen LogP contribution is 2.36. The van der Waals surface area contributed by atoms with Gasteiger partial charge in [-0.2, -0.15) is 0 Å². The Bertz CT molecular complexity index is 1700. The standard InChI is InChI=1S/C27H25N3O5S/c1-18-6-9-22(10-7-18)36(32,33)30-25(16-19-5-4-13-28-27(19)30)24-17-20-15-21(34-2)8-11-23(20)29(24)14-12-26(31)35-3/h4-11,13,15-17H,12,14H2,1-3H3. The smallest absolute Gasteiger partial charge is 0.307 e. The van der Waals surface area contributed by atoms with E-state index < -0.39 is 10.0 Å². The lowest BCUT2D eigenvalue weighted by atomic mass is 10.2. The molecule has 0 bridgehead atoms. The van der Waals surface area contributed by atoms with E-state index >= 15 is 0 Å². The van der Waals surface area contributed by atoms with Gasteiger partial charge in [0.1, 0.15) is 5.75 Å². The molecule has 3 aromatic heterocycles. The van der Waals surface area contributed by atoms with E-state index in [1.54, 1.807) is 43.6 Å². The number of nitrogens with zero attached hydrogens (tertiary/aromatic N) is 3. The maximum Gasteiger partial charge on any atom is 0.307 e. The number of ether oxygens (including phenoxy) is 2. The summed E-state index contributed by atoms with van der Waals surface area (Å²) in [4.78, 5) is 16.6. The van der Waals surface area contributed by atoms with Gasteiger partial charge in [0.05, 0.1) is 36.9 Å². The number of hydrogen-bond acceptors (Lipinski definition) is 6. The zero-order valence-electron chi connectivity index (χ0n) is 20.1. The molecule has 0 saturated carbocycles. The second-order valence-corrected chi connectivity index (χ2v) is 10.2. The first-order valence-electron chi connectivity index (χ1n) is 11.4. The van der Waals surface area contributed by atoms with Gasteiger partial charge in [0.2, 0.25) is 0 Å². The van der Waals surface area contributed by atoms with Crippen LogP contribution in [0, 0.1) is 6.92 Å². The molecule has 3 heterocycles. The van der Waals surface area contributed by atoms with Gasteiger partial charge in [0.15, 0.2) is 5.65 Å². The Morgan fingerprint density at radius 2 is 1.69 bits per heavy atom. The number of esters is 1. The second-order valence-electron chi connectivity index (χ2n) is 8.46. The number of carbonyl (C=O) groups excluding carboxylic acids is 1. The summed E-state index contributed by atoms with van der Waals surface area (Å²) in [6.07, 6.45) is 1.70. The lowest BCUT2D eigenvalue weighted by molar-refractivity contribution is -0.140. The minimum atomic E-state index is -4.00. The average Bonchev–Trinajstić information content (AvgIpc) is 3.45. The number of rotatable bonds is 7. The van der Waals surface area contributed by atoms with Crippen molar-refractivity contribution in [2.24, 2.45) is 0 Å². The highest BCUT2D eigenvalue weighted by atomic mass is 32.2. The number of hydrogen-bond donors (Lipinski definition) is 0. The molecule has 0 aliphatic rings. The van der Waals surface area contributed by atoms with Crippen molar-refractivity contribution in [1.29, 1.82) is 0 Å². The largest absolute Gasteiger partial charge is 0.497 e. The van der Waals surface area contributed by atoms with E-state index in [1.165, 1.54) is 11.1 Å². The summed E-state index contributed by atoms with van der Waals surface area (Å²) in [5, 5.41) is 1.54. The van der Waals surface area contributed by atoms with Crippen molar-refractivity contribution in [3.8, 4) is 17.1 Å². The first-order valence-corrected chi connectivity index (χ1v) is 12.8. The fraction of sp³-hybridized carbons (Fsp3) is 0.185. The van der Waals surface area contributed by atoms with Crippen molar-refractivity contribution in [3.63, 3.8) is 0 Å². The molecule has 184 valence electrons. The molecule has 0 aliphatic heterocycles. The summed E-state index contributed by atoms with van der Waals surface area (Å²) >= 11 is 0. The van der Waals surface area contributed by atoms with Crippen molar-refractivity contribution in [3.05, 3.63) is 78.5 Å². The third-order valence-electron chi connectivity index (χ3n) is 6.22. The first-order chi connectivity index (χ1) is 17.3. The van der Waals surface area contributed by atoms with E-state index in [1.807, 2.05) is 47.9 Å². The van der Waals surface area contributed by atoms with Crippen molar-refractivity contribution in [2.75, 3.05) is 14.2 Å². The molecule has 8 nitrogen and oxygen atoms in total. The molecule has 0 atom stereocenters. The van der Waals surface area contributed by atoms with Crippen LogP contribution in [0.5, 0.6) is 5.75 Å². The molecule has 0 N–H and O–H groups in total. The third kappa shape index (κ3) is 4.01. The predicted molar refractivity (Wildman–Crippen MR) is 138 cm³/mol. The minimum absolute atomic E-state index is 0.127. The first kappa shape index (κ1) is 23.6. The van der Waals surface area contributed by atoms with E-state index in [2.05, 4.69) is 4.98 Å². The van der Waals surface area contributed by atoms with Crippen molar-refractivity contribution >= 4 is 37.9 Å². The van der Waals surface area contributed by atoms with Gasteiger partial charge in [0, 0.05) is 29.0 Å². The fourth-order valence-corrected chi connectivity index (χ4v) is 5.86. The number of pyridine rings is 1. The zero-order chi connectivity index (χ0) is 25.4. The van der Waals surface area contributed by atoms with Crippen LogP contribution < -0.4 is 4.74 Å². The molecule has 36 heavy (non-hydrogen) atoms. The van der Waals surface area contributed by atoms with E-state index in [0.717, 1.165) is 16.5 Å². The highest BCUT2D eigenvalue weighted by Gasteiger charge is 2.27. The lowest BCUT2D eigenvalue weighted by Crippen LogP contribution is -2.16. The Morgan fingerprint density at radius 1 is 0.944 bits per heavy atom. The van der Waals surface area contributed by atoms with Gasteiger partial charge in [-0.25, -0.2) is 17.4 Å². The normalized spacial score (nSPS) is 11.8. The van der Waals surface area contributed by atoms with E-state index in [-0.39, 0.29) is 17.3 Å². The number of methoxy groups -OCH3 is 2. The Labute approximate surface area is 208 Å². The van der Waals surface area contributed by atoms with Crippen LogP contribution >= 0.6 is 0 Å². The van der Waals surface area contributed by atoms with Crippen LogP contribution in [0.4, 0.5) is 0 Å². The van der Waals surface area contributed by atoms with Gasteiger partial charge in [-0.1, -0.05) is 17.7 Å². The molecule has 2 aromatic carbocycles. The molecule has 0 amide bonds. The quantitative estimate of drug-likeness (QED) is 0.297. The molecule has 5 rings (SSSR count). The minimum Gasteiger partial charge on any atom is -0.497 e. The van der Waals surface area contributed by atoms with E-state index in [0.29, 0.717) is 34.7 Å². The maximum atomic E-state index is 14.0. The van der Waals surface area contributed by atoms with Crippen LogP contribution in [0.3, 0.4) is 0 Å². The molecule has 0 radical (unpaired) electrons. The number of aryl methyl sites for hydroxylation is 2. The van der Waals surface area contributed by atoms with Gasteiger partial charge in [-0.05, 0) is 61.5 Å². The van der Waals surface area contributed by atoms with Crippen LogP contribution in [-0.4, -0.2) is 42.1 Å². The van der Waals surface area contributed by atoms with E-state index in [4.69, 9.17) is 9.47 Å². The number of carbonyl (C=O) groups is 1. The van der Waals surface area contributed by atoms with E-state index in [9.17, 15) is 13.2 Å². The van der Waals surface area contributed by atoms with Crippen molar-refractivity contribution in [2.45, 2.75) is 24.8 Å². The monoisotopic (exact) mass is 503 g/mol. The summed E-state index contributed by atoms with van der Waals surface area (Å²) < 4.78 is 41.4. The molecule has 0 unspecified atom stereocenters. The molecular formula is C27H25N3O5S. The Kier molecular flexibility index (Phi) is 6.01. The summed E-state index contributed by atoms with van der Waals surface area (Å²) in [5.41, 5.74) is 3.21. The Morgan fingerprint density at radius 3 is 2.42 bits per heavy atom. The summed E-state index contributed by atoms with van der Waals surface area (Å²) in [6, 6.07) is 19.7. The SMILES string of the molecule is COC(=O)CCn1c(-c2cc3cccnc3n2S(=O)(=O)c2ccc(C)cc2)cc2cc(OC)ccc21. The molecule has 0 fully saturated rings. The maximum absolute atomic E-state index is 14.0. The molecular weight excluding hydrogens is 478 g/mol. The molecule has 0 saturated heterocycles. The van der Waals surface area contributed by atoms with Gasteiger partial charge in [-0.15, -0.1) is 0 Å². The summed E-state index contributed by atoms with van der Waals surface area (Å²) in [5.74, 6) is 0.319. The zero-order valence-corrected chi connectivity index (χ0v) is 21.0. The van der Waals surface area contributed by atoms with Crippen LogP contribution in [0.2, 0.25) is 0 Å². The van der Waals surface area contributed by atoms with Crippen molar-refractivity contribution < 1.29 is 22.7 Å². The van der Waals surface area contributed by atoms with Crippen LogP contribution in [0.15, 0.2) is 77.8 Å². The third-order valence-corrected chi connectivity index (χ3v) is 7.94. The number of aromatic nitrogens is 3. The van der Waals surface area contributed by atoms with Gasteiger partial charge in [0.25, 0.3) is 10.0 Å². The summed E-state index contributed by atoms with van der Waals surface area (Å²) in [6.45, 7) is 2.21. The molecule has 0 aliphatic carbocycles. The van der Waals surface area contributed by atoms with Crippen LogP contribution in [0.25, 0.3) is 33.3 Å². The predicted octanol–water partition coefficient (Wildman–Crippen LogP) is 4.78. The van der Waals surface area contributed by atoms with Gasteiger partial charge >= 0.3 is 5.97 Å². The highest BCUT2D eigenvalue weighted by molar-refractivity contribution is 7.90. The number of benzene rings is 2. The van der Waals surface area contributed by atoms with Crippen molar-refractivity contribution in [1.82, 2.24) is 13.5 Å². The summed E-state index contributed by atoms with van der Waals surface area (Å²) in [7, 11) is -1.06. The average molecular weight is 504 g/mol. The molecule has 9 heteroatoms. The fourth-order valence-electron chi connectivity index (χ4n) is 4.38. The van der Waals surface area contributed by atoms with Crippen LogP contribution in [-0.2, 0) is 26.1 Å². The Hall–Kier alpha value is -4.11. The molecule has 0 spiro atoms. The second kappa shape index (κ2) is 9.16. The number of fused-ring (bicyclic) bond motifs is 2. The lowest BCUT2D eigenvalue weighted by Gasteiger charge is -2.14. The van der Waals surface area contributed by atoms with Crippen LogP contribution in [0.1, 0.15) is 12.0 Å².